The average molecular weight is 242 g/mol. The summed E-state index contributed by atoms with van der Waals surface area (Å²) in [6.07, 6.45) is 0.248. The first kappa shape index (κ1) is 11.5. The maximum atomic E-state index is 11.6. The van der Waals surface area contributed by atoms with Gasteiger partial charge in [0.2, 0.25) is 5.88 Å². The fourth-order valence-electron chi connectivity index (χ4n) is 1.62. The Morgan fingerprint density at radius 2 is 2.50 bits per heavy atom. The number of rotatable bonds is 2. The average Bonchev–Trinajstić information content (AvgIpc) is 2.30. The largest absolute Gasteiger partial charge is 0.493 e. The fraction of sp³-hybridized carbons (Fsp3) is 0.600. The molecule has 1 aromatic rings. The van der Waals surface area contributed by atoms with Gasteiger partial charge in [-0.25, -0.2) is 0 Å². The van der Waals surface area contributed by atoms with E-state index in [4.69, 9.17) is 4.74 Å². The van der Waals surface area contributed by atoms with Crippen LogP contribution in [0.15, 0.2) is 4.79 Å². The molecule has 16 heavy (non-hydrogen) atoms. The molecule has 88 valence electrons. The number of H-pyrrole nitrogens is 1. The quantitative estimate of drug-likeness (QED) is 0.804. The molecule has 5 nitrogen and oxygen atoms in total. The van der Waals surface area contributed by atoms with E-state index in [0.29, 0.717) is 24.4 Å². The molecule has 2 N–H and O–H groups in total. The van der Waals surface area contributed by atoms with Gasteiger partial charge < -0.3 is 14.8 Å². The van der Waals surface area contributed by atoms with Gasteiger partial charge in [-0.05, 0) is 6.42 Å². The van der Waals surface area contributed by atoms with Crippen molar-refractivity contribution in [2.75, 3.05) is 18.1 Å². The van der Waals surface area contributed by atoms with Crippen LogP contribution in [0.25, 0.3) is 0 Å². The van der Waals surface area contributed by atoms with Crippen molar-refractivity contribution in [2.24, 2.45) is 0 Å². The van der Waals surface area contributed by atoms with E-state index in [1.807, 2.05) is 0 Å². The molecule has 1 aromatic heterocycles. The van der Waals surface area contributed by atoms with Crippen molar-refractivity contribution >= 4 is 11.8 Å². The lowest BCUT2D eigenvalue weighted by Crippen LogP contribution is -2.23. The summed E-state index contributed by atoms with van der Waals surface area (Å²) in [6.45, 7) is 2.45. The number of hydrogen-bond acceptors (Lipinski definition) is 5. The molecule has 1 saturated heterocycles. The molecule has 0 aliphatic carbocycles. The zero-order valence-corrected chi connectivity index (χ0v) is 9.84. The molecule has 0 spiro atoms. The minimum absolute atomic E-state index is 0.180. The molecule has 2 heterocycles. The summed E-state index contributed by atoms with van der Waals surface area (Å²) in [5.41, 5.74) is 0.0522. The molecule has 1 aliphatic heterocycles. The smallest absolute Gasteiger partial charge is 0.257 e. The molecule has 0 aromatic carbocycles. The number of hydrogen-bond donors (Lipinski definition) is 2. The first-order valence-corrected chi connectivity index (χ1v) is 6.39. The van der Waals surface area contributed by atoms with Gasteiger partial charge in [0.05, 0.1) is 12.2 Å². The van der Waals surface area contributed by atoms with Crippen molar-refractivity contribution in [2.45, 2.75) is 19.4 Å². The van der Waals surface area contributed by atoms with Crippen LogP contribution in [-0.4, -0.2) is 33.2 Å². The standard InChI is InChI=1S/C10H14N2O3S/c1-2-6-9(13)11-8(12-10(6)14)7-5-16-4-3-15-7/h7H,2-5H2,1H3,(H2,11,12,13,14). The van der Waals surface area contributed by atoms with E-state index in [2.05, 4.69) is 9.97 Å². The van der Waals surface area contributed by atoms with Crippen molar-refractivity contribution in [3.05, 3.63) is 21.7 Å². The first-order chi connectivity index (χ1) is 7.72. The van der Waals surface area contributed by atoms with Gasteiger partial charge in [0.25, 0.3) is 5.56 Å². The van der Waals surface area contributed by atoms with Crippen LogP contribution < -0.4 is 5.56 Å². The maximum Gasteiger partial charge on any atom is 0.257 e. The van der Waals surface area contributed by atoms with Gasteiger partial charge in [0.15, 0.2) is 0 Å². The third-order valence-electron chi connectivity index (χ3n) is 2.49. The summed E-state index contributed by atoms with van der Waals surface area (Å²) < 4.78 is 5.48. The van der Waals surface area contributed by atoms with Gasteiger partial charge in [0.1, 0.15) is 11.9 Å². The van der Waals surface area contributed by atoms with Crippen LogP contribution in [0.5, 0.6) is 5.88 Å². The second kappa shape index (κ2) is 4.88. The van der Waals surface area contributed by atoms with Gasteiger partial charge in [0, 0.05) is 11.5 Å². The minimum atomic E-state index is -0.274. The lowest BCUT2D eigenvalue weighted by atomic mass is 10.2. The van der Waals surface area contributed by atoms with Crippen LogP contribution in [0.1, 0.15) is 24.4 Å². The van der Waals surface area contributed by atoms with Crippen LogP contribution in [0.4, 0.5) is 0 Å². The third-order valence-corrected chi connectivity index (χ3v) is 3.48. The first-order valence-electron chi connectivity index (χ1n) is 5.23. The van der Waals surface area contributed by atoms with Crippen molar-refractivity contribution < 1.29 is 9.84 Å². The Morgan fingerprint density at radius 3 is 3.06 bits per heavy atom. The van der Waals surface area contributed by atoms with E-state index in [0.717, 1.165) is 11.5 Å². The molecular weight excluding hydrogens is 228 g/mol. The van der Waals surface area contributed by atoms with Crippen LogP contribution >= 0.6 is 11.8 Å². The van der Waals surface area contributed by atoms with E-state index in [1.165, 1.54) is 0 Å². The minimum Gasteiger partial charge on any atom is -0.493 e. The third kappa shape index (κ3) is 2.22. The van der Waals surface area contributed by atoms with Gasteiger partial charge in [-0.3, -0.25) is 4.79 Å². The summed E-state index contributed by atoms with van der Waals surface area (Å²) in [6, 6.07) is 0. The highest BCUT2D eigenvalue weighted by atomic mass is 32.2. The molecular formula is C10H14N2O3S. The van der Waals surface area contributed by atoms with Crippen molar-refractivity contribution in [3.63, 3.8) is 0 Å². The highest BCUT2D eigenvalue weighted by Gasteiger charge is 2.20. The highest BCUT2D eigenvalue weighted by Crippen LogP contribution is 2.24. The molecule has 0 radical (unpaired) electrons. The number of nitrogens with one attached hydrogen (secondary N) is 1. The van der Waals surface area contributed by atoms with Crippen LogP contribution in [-0.2, 0) is 11.2 Å². The van der Waals surface area contributed by atoms with E-state index in [1.54, 1.807) is 18.7 Å². The SMILES string of the molecule is CCc1c(O)nc(C2CSCCO2)[nH]c1=O. The zero-order chi connectivity index (χ0) is 11.5. The van der Waals surface area contributed by atoms with E-state index in [9.17, 15) is 9.90 Å². The lowest BCUT2D eigenvalue weighted by Gasteiger charge is -2.21. The second-order valence-corrected chi connectivity index (χ2v) is 4.69. The fourth-order valence-corrected chi connectivity index (χ4v) is 2.47. The number of aromatic amines is 1. The highest BCUT2D eigenvalue weighted by molar-refractivity contribution is 7.99. The number of nitrogens with zero attached hydrogens (tertiary/aromatic N) is 1. The summed E-state index contributed by atoms with van der Waals surface area (Å²) in [5, 5.41) is 9.61. The Hall–Kier alpha value is -1.01. The Bertz CT molecular complexity index is 427. The van der Waals surface area contributed by atoms with E-state index in [-0.39, 0.29) is 17.5 Å². The summed E-state index contributed by atoms with van der Waals surface area (Å²) >= 11 is 1.75. The molecule has 1 fully saturated rings. The van der Waals surface area contributed by atoms with Gasteiger partial charge in [-0.15, -0.1) is 0 Å². The maximum absolute atomic E-state index is 11.6. The summed E-state index contributed by atoms with van der Waals surface area (Å²) in [5.74, 6) is 1.96. The zero-order valence-electron chi connectivity index (χ0n) is 9.02. The molecule has 0 amide bonds. The molecule has 1 atom stereocenters. The molecule has 0 bridgehead atoms. The topological polar surface area (TPSA) is 75.2 Å². The van der Waals surface area contributed by atoms with Gasteiger partial charge in [-0.2, -0.15) is 16.7 Å². The Kier molecular flexibility index (Phi) is 3.50. The Balaban J connectivity index is 2.31. The number of aromatic nitrogens is 2. The van der Waals surface area contributed by atoms with Crippen LogP contribution in [0, 0.1) is 0 Å². The van der Waals surface area contributed by atoms with Crippen LogP contribution in [0.2, 0.25) is 0 Å². The van der Waals surface area contributed by atoms with Crippen molar-refractivity contribution in [1.82, 2.24) is 9.97 Å². The van der Waals surface area contributed by atoms with Crippen molar-refractivity contribution in [1.29, 1.82) is 0 Å². The molecule has 2 rings (SSSR count). The van der Waals surface area contributed by atoms with E-state index >= 15 is 0 Å². The summed E-state index contributed by atoms with van der Waals surface area (Å²) in [7, 11) is 0. The molecule has 6 heteroatoms. The Morgan fingerprint density at radius 1 is 1.69 bits per heavy atom. The number of aromatic hydroxyl groups is 1. The molecule has 1 unspecified atom stereocenters. The molecule has 1 aliphatic rings. The Labute approximate surface area is 97.2 Å². The summed E-state index contributed by atoms with van der Waals surface area (Å²) in [4.78, 5) is 18.3. The van der Waals surface area contributed by atoms with Gasteiger partial charge >= 0.3 is 0 Å². The van der Waals surface area contributed by atoms with Gasteiger partial charge in [-0.1, -0.05) is 6.92 Å². The van der Waals surface area contributed by atoms with Crippen LogP contribution in [0.3, 0.4) is 0 Å². The predicted octanol–water partition coefficient (Wildman–Crippen LogP) is 0.842. The normalized spacial score (nSPS) is 20.9. The lowest BCUT2D eigenvalue weighted by molar-refractivity contribution is 0.0687. The number of thioether (sulfide) groups is 1. The second-order valence-electron chi connectivity index (χ2n) is 3.54. The monoisotopic (exact) mass is 242 g/mol. The van der Waals surface area contributed by atoms with E-state index < -0.39 is 0 Å². The van der Waals surface area contributed by atoms with Crippen molar-refractivity contribution in [3.8, 4) is 5.88 Å². The molecule has 0 saturated carbocycles. The predicted molar refractivity (Wildman–Crippen MR) is 61.9 cm³/mol. The number of ether oxygens (including phenoxy) is 1.